The first-order valence-electron chi connectivity index (χ1n) is 9.80. The lowest BCUT2D eigenvalue weighted by Crippen LogP contribution is -2.36. The van der Waals surface area contributed by atoms with Gasteiger partial charge in [-0.1, -0.05) is 48.9 Å². The van der Waals surface area contributed by atoms with E-state index < -0.39 is 5.97 Å². The highest BCUT2D eigenvalue weighted by molar-refractivity contribution is 5.87. The normalized spacial score (nSPS) is 24.0. The van der Waals surface area contributed by atoms with Crippen LogP contribution in [0.25, 0.3) is 0 Å². The number of benzene rings is 2. The van der Waals surface area contributed by atoms with Crippen LogP contribution in [0.4, 0.5) is 0 Å². The average molecular weight is 363 g/mol. The zero-order valence-corrected chi connectivity index (χ0v) is 15.4. The highest BCUT2D eigenvalue weighted by Crippen LogP contribution is 2.46. The third-order valence-electron chi connectivity index (χ3n) is 6.22. The summed E-state index contributed by atoms with van der Waals surface area (Å²) in [5, 5.41) is 8.98. The Bertz CT molecular complexity index is 815. The van der Waals surface area contributed by atoms with Gasteiger partial charge in [-0.05, 0) is 48.4 Å². The van der Waals surface area contributed by atoms with Crippen LogP contribution in [-0.2, 0) is 11.2 Å². The lowest BCUT2D eigenvalue weighted by molar-refractivity contribution is -0.132. The first-order valence-corrected chi connectivity index (χ1v) is 9.80. The van der Waals surface area contributed by atoms with E-state index in [0.29, 0.717) is 30.7 Å². The predicted molar refractivity (Wildman–Crippen MR) is 104 cm³/mol. The number of hydrogen-bond acceptors (Lipinski definition) is 2. The van der Waals surface area contributed by atoms with Crippen LogP contribution >= 0.6 is 0 Å². The SMILES string of the molecule is O=C(O)c1ccc(CCC(=O)N2CC(c3ccccc3)C3CCCC32)cc1. The molecule has 4 rings (SSSR count). The molecule has 2 aromatic carbocycles. The molecule has 2 aliphatic rings. The van der Waals surface area contributed by atoms with Crippen LogP contribution in [0.1, 0.15) is 53.1 Å². The Morgan fingerprint density at radius 3 is 2.44 bits per heavy atom. The number of likely N-dealkylation sites (tertiary alicyclic amines) is 1. The predicted octanol–water partition coefficient (Wildman–Crippen LogP) is 4.11. The van der Waals surface area contributed by atoms with Crippen LogP contribution in [0, 0.1) is 5.92 Å². The second kappa shape index (κ2) is 7.55. The number of fused-ring (bicyclic) bond motifs is 1. The third-order valence-corrected chi connectivity index (χ3v) is 6.22. The van der Waals surface area contributed by atoms with Gasteiger partial charge in [0.2, 0.25) is 5.91 Å². The maximum atomic E-state index is 12.9. The topological polar surface area (TPSA) is 57.6 Å². The summed E-state index contributed by atoms with van der Waals surface area (Å²) in [6.07, 6.45) is 4.68. The number of carboxylic acids is 1. The maximum Gasteiger partial charge on any atom is 0.335 e. The van der Waals surface area contributed by atoms with Crippen LogP contribution < -0.4 is 0 Å². The fourth-order valence-corrected chi connectivity index (χ4v) is 4.86. The summed E-state index contributed by atoms with van der Waals surface area (Å²) in [6.45, 7) is 0.829. The van der Waals surface area contributed by atoms with Gasteiger partial charge in [0.15, 0.2) is 0 Å². The van der Waals surface area contributed by atoms with Crippen molar-refractivity contribution in [2.24, 2.45) is 5.92 Å². The highest BCUT2D eigenvalue weighted by atomic mass is 16.4. The van der Waals surface area contributed by atoms with E-state index in [1.807, 2.05) is 18.2 Å². The minimum absolute atomic E-state index is 0.229. The van der Waals surface area contributed by atoms with Crippen LogP contribution in [-0.4, -0.2) is 34.5 Å². The summed E-state index contributed by atoms with van der Waals surface area (Å²) in [4.78, 5) is 26.0. The van der Waals surface area contributed by atoms with Crippen molar-refractivity contribution < 1.29 is 14.7 Å². The number of amides is 1. The summed E-state index contributed by atoms with van der Waals surface area (Å²) < 4.78 is 0. The molecule has 1 amide bonds. The zero-order valence-electron chi connectivity index (χ0n) is 15.4. The van der Waals surface area contributed by atoms with Gasteiger partial charge in [0.05, 0.1) is 5.56 Å². The number of rotatable bonds is 5. The van der Waals surface area contributed by atoms with Crippen molar-refractivity contribution >= 4 is 11.9 Å². The van der Waals surface area contributed by atoms with Gasteiger partial charge in [-0.25, -0.2) is 4.79 Å². The number of aryl methyl sites for hydroxylation is 1. The largest absolute Gasteiger partial charge is 0.478 e. The molecule has 4 nitrogen and oxygen atoms in total. The molecule has 3 unspecified atom stereocenters. The minimum atomic E-state index is -0.922. The number of nitrogens with zero attached hydrogens (tertiary/aromatic N) is 1. The number of hydrogen-bond donors (Lipinski definition) is 1. The molecule has 2 fully saturated rings. The molecule has 0 bridgehead atoms. The number of carbonyl (C=O) groups is 2. The Balaban J connectivity index is 1.42. The minimum Gasteiger partial charge on any atom is -0.478 e. The molecule has 0 spiro atoms. The van der Waals surface area contributed by atoms with Gasteiger partial charge in [0.1, 0.15) is 0 Å². The highest BCUT2D eigenvalue weighted by Gasteiger charge is 2.46. The number of carboxylic acid groups (broad SMARTS) is 1. The lowest BCUT2D eigenvalue weighted by Gasteiger charge is -2.23. The fraction of sp³-hybridized carbons (Fsp3) is 0.391. The fourth-order valence-electron chi connectivity index (χ4n) is 4.86. The van der Waals surface area contributed by atoms with E-state index in [4.69, 9.17) is 5.11 Å². The van der Waals surface area contributed by atoms with E-state index in [0.717, 1.165) is 18.5 Å². The van der Waals surface area contributed by atoms with Gasteiger partial charge < -0.3 is 10.0 Å². The molecule has 1 saturated heterocycles. The van der Waals surface area contributed by atoms with E-state index in [9.17, 15) is 9.59 Å². The van der Waals surface area contributed by atoms with Gasteiger partial charge in [-0.3, -0.25) is 4.79 Å². The summed E-state index contributed by atoms with van der Waals surface area (Å²) >= 11 is 0. The third kappa shape index (κ3) is 3.61. The van der Waals surface area contributed by atoms with Crippen molar-refractivity contribution in [3.63, 3.8) is 0 Å². The molecule has 0 radical (unpaired) electrons. The molecule has 1 heterocycles. The molecule has 0 aromatic heterocycles. The average Bonchev–Trinajstić information content (AvgIpc) is 3.30. The summed E-state index contributed by atoms with van der Waals surface area (Å²) in [5.41, 5.74) is 2.65. The summed E-state index contributed by atoms with van der Waals surface area (Å²) in [5.74, 6) is 0.352. The molecular weight excluding hydrogens is 338 g/mol. The number of aromatic carboxylic acids is 1. The van der Waals surface area contributed by atoms with E-state index >= 15 is 0 Å². The van der Waals surface area contributed by atoms with Crippen LogP contribution in [0.15, 0.2) is 54.6 Å². The van der Waals surface area contributed by atoms with Crippen molar-refractivity contribution in [3.05, 3.63) is 71.3 Å². The monoisotopic (exact) mass is 363 g/mol. The van der Waals surface area contributed by atoms with E-state index in [1.54, 1.807) is 12.1 Å². The molecule has 1 aliphatic carbocycles. The van der Waals surface area contributed by atoms with Gasteiger partial charge >= 0.3 is 5.97 Å². The van der Waals surface area contributed by atoms with Crippen LogP contribution in [0.2, 0.25) is 0 Å². The maximum absolute atomic E-state index is 12.9. The molecule has 140 valence electrons. The van der Waals surface area contributed by atoms with Gasteiger partial charge in [-0.15, -0.1) is 0 Å². The lowest BCUT2D eigenvalue weighted by atomic mass is 9.87. The Labute approximate surface area is 159 Å². The van der Waals surface area contributed by atoms with Gasteiger partial charge in [0, 0.05) is 24.9 Å². The van der Waals surface area contributed by atoms with Gasteiger partial charge in [-0.2, -0.15) is 0 Å². The molecule has 1 N–H and O–H groups in total. The van der Waals surface area contributed by atoms with E-state index in [-0.39, 0.29) is 11.5 Å². The van der Waals surface area contributed by atoms with Gasteiger partial charge in [0.25, 0.3) is 0 Å². The molecule has 1 aliphatic heterocycles. The van der Waals surface area contributed by atoms with E-state index in [2.05, 4.69) is 29.2 Å². The van der Waals surface area contributed by atoms with Crippen LogP contribution in [0.3, 0.4) is 0 Å². The van der Waals surface area contributed by atoms with Crippen molar-refractivity contribution in [2.45, 2.75) is 44.1 Å². The Morgan fingerprint density at radius 1 is 1.00 bits per heavy atom. The van der Waals surface area contributed by atoms with Crippen molar-refractivity contribution in [1.82, 2.24) is 4.90 Å². The Kier molecular flexibility index (Phi) is 4.97. The second-order valence-corrected chi connectivity index (χ2v) is 7.73. The molecule has 4 heteroatoms. The molecule has 27 heavy (non-hydrogen) atoms. The van der Waals surface area contributed by atoms with Crippen molar-refractivity contribution in [1.29, 1.82) is 0 Å². The summed E-state index contributed by atoms with van der Waals surface area (Å²) in [6, 6.07) is 17.8. The van der Waals surface area contributed by atoms with E-state index in [1.165, 1.54) is 18.4 Å². The molecule has 2 aromatic rings. The smallest absolute Gasteiger partial charge is 0.335 e. The zero-order chi connectivity index (χ0) is 18.8. The quantitative estimate of drug-likeness (QED) is 0.870. The van der Waals surface area contributed by atoms with Crippen molar-refractivity contribution in [3.8, 4) is 0 Å². The number of carbonyl (C=O) groups excluding carboxylic acids is 1. The Hall–Kier alpha value is -2.62. The van der Waals surface area contributed by atoms with Crippen LogP contribution in [0.5, 0.6) is 0 Å². The first kappa shape index (κ1) is 17.8. The molecule has 1 saturated carbocycles. The molecule has 3 atom stereocenters. The van der Waals surface area contributed by atoms with Crippen molar-refractivity contribution in [2.75, 3.05) is 6.54 Å². The molecular formula is C23H25NO3. The first-order chi connectivity index (χ1) is 13.1. The summed E-state index contributed by atoms with van der Waals surface area (Å²) in [7, 11) is 0. The second-order valence-electron chi connectivity index (χ2n) is 7.73. The standard InChI is InChI=1S/C23H25NO3/c25-22(14-11-16-9-12-18(13-10-16)23(26)27)24-15-20(17-5-2-1-3-6-17)19-7-4-8-21(19)24/h1-3,5-6,9-10,12-13,19-21H,4,7-8,11,14-15H2,(H,26,27). The Morgan fingerprint density at radius 2 is 1.74 bits per heavy atom.